The highest BCUT2D eigenvalue weighted by Gasteiger charge is 2.20. The summed E-state index contributed by atoms with van der Waals surface area (Å²) in [6.45, 7) is 3.91. The Hall–Kier alpha value is -2.17. The quantitative estimate of drug-likeness (QED) is 0.864. The van der Waals surface area contributed by atoms with Gasteiger partial charge in [0.25, 0.3) is 0 Å². The van der Waals surface area contributed by atoms with E-state index in [1.807, 2.05) is 13.8 Å². The lowest BCUT2D eigenvalue weighted by molar-refractivity contribution is 0.0593. The minimum absolute atomic E-state index is 0.107. The Morgan fingerprint density at radius 1 is 1.32 bits per heavy atom. The van der Waals surface area contributed by atoms with Crippen LogP contribution in [0.25, 0.3) is 11.4 Å². The molecule has 19 heavy (non-hydrogen) atoms. The molecule has 0 spiro atoms. The van der Waals surface area contributed by atoms with E-state index in [4.69, 9.17) is 4.74 Å². The molecule has 1 aromatic carbocycles. The van der Waals surface area contributed by atoms with E-state index in [0.717, 1.165) is 5.56 Å². The van der Waals surface area contributed by atoms with Crippen LogP contribution in [0.1, 0.15) is 35.9 Å². The van der Waals surface area contributed by atoms with Crippen molar-refractivity contribution in [3.05, 3.63) is 41.5 Å². The zero-order valence-electron chi connectivity index (χ0n) is 11.0. The first-order chi connectivity index (χ1) is 9.02. The normalized spacial score (nSPS) is 10.8. The number of halogens is 1. The van der Waals surface area contributed by atoms with Crippen molar-refractivity contribution in [1.82, 2.24) is 9.97 Å². The number of nitrogens with one attached hydrogen (secondary N) is 1. The number of methoxy groups -OCH3 is 1. The summed E-state index contributed by atoms with van der Waals surface area (Å²) >= 11 is 0. The third kappa shape index (κ3) is 2.65. The Bertz CT molecular complexity index is 588. The van der Waals surface area contributed by atoms with E-state index in [1.165, 1.54) is 19.2 Å². The van der Waals surface area contributed by atoms with E-state index in [-0.39, 0.29) is 17.4 Å². The van der Waals surface area contributed by atoms with Gasteiger partial charge in [0.2, 0.25) is 0 Å². The van der Waals surface area contributed by atoms with Crippen LogP contribution in [0.2, 0.25) is 0 Å². The molecule has 0 aliphatic rings. The third-order valence-corrected chi connectivity index (χ3v) is 2.81. The average molecular weight is 262 g/mol. The van der Waals surface area contributed by atoms with Crippen molar-refractivity contribution in [1.29, 1.82) is 0 Å². The molecule has 0 saturated carbocycles. The summed E-state index contributed by atoms with van der Waals surface area (Å²) in [5.41, 5.74) is 1.71. The highest BCUT2D eigenvalue weighted by Crippen LogP contribution is 2.23. The van der Waals surface area contributed by atoms with Crippen molar-refractivity contribution in [2.75, 3.05) is 7.11 Å². The highest BCUT2D eigenvalue weighted by molar-refractivity contribution is 5.89. The number of carbonyl (C=O) groups is 1. The van der Waals surface area contributed by atoms with E-state index in [9.17, 15) is 9.18 Å². The predicted octanol–water partition coefficient (Wildman–Crippen LogP) is 3.13. The van der Waals surface area contributed by atoms with Crippen molar-refractivity contribution in [2.24, 2.45) is 0 Å². The standard InChI is InChI=1S/C14H15FN2O2/c1-8(2)11-12(14(18)19-3)17-13(16-11)9-4-6-10(15)7-5-9/h4-8H,1-3H3,(H,16,17). The number of ether oxygens (including phenoxy) is 1. The van der Waals surface area contributed by atoms with Crippen LogP contribution in [-0.4, -0.2) is 23.0 Å². The van der Waals surface area contributed by atoms with Gasteiger partial charge >= 0.3 is 5.97 Å². The molecule has 0 aliphatic carbocycles. The molecule has 2 rings (SSSR count). The third-order valence-electron chi connectivity index (χ3n) is 2.81. The van der Waals surface area contributed by atoms with Gasteiger partial charge in [-0.25, -0.2) is 14.2 Å². The van der Waals surface area contributed by atoms with Gasteiger partial charge in [0.1, 0.15) is 11.6 Å². The summed E-state index contributed by atoms with van der Waals surface area (Å²) in [7, 11) is 1.32. The molecule has 0 aliphatic heterocycles. The van der Waals surface area contributed by atoms with Crippen molar-refractivity contribution in [3.63, 3.8) is 0 Å². The molecule has 0 amide bonds. The number of aromatic amines is 1. The largest absolute Gasteiger partial charge is 0.464 e. The van der Waals surface area contributed by atoms with Crippen molar-refractivity contribution in [2.45, 2.75) is 19.8 Å². The molecule has 2 aromatic rings. The van der Waals surface area contributed by atoms with E-state index in [2.05, 4.69) is 9.97 Å². The Labute approximate surface area is 110 Å². The minimum atomic E-state index is -0.478. The van der Waals surface area contributed by atoms with Gasteiger partial charge in [0.05, 0.1) is 12.8 Å². The van der Waals surface area contributed by atoms with E-state index < -0.39 is 5.97 Å². The van der Waals surface area contributed by atoms with Crippen molar-refractivity contribution < 1.29 is 13.9 Å². The molecule has 0 radical (unpaired) electrons. The van der Waals surface area contributed by atoms with Gasteiger partial charge in [-0.3, -0.25) is 0 Å². The van der Waals surface area contributed by atoms with Crippen LogP contribution in [0.4, 0.5) is 4.39 Å². The fourth-order valence-corrected chi connectivity index (χ4v) is 1.80. The second-order valence-electron chi connectivity index (χ2n) is 4.50. The van der Waals surface area contributed by atoms with Gasteiger partial charge in [-0.2, -0.15) is 0 Å². The molecule has 0 atom stereocenters. The summed E-state index contributed by atoms with van der Waals surface area (Å²) in [6, 6.07) is 5.92. The predicted molar refractivity (Wildman–Crippen MR) is 69.4 cm³/mol. The number of imidazole rings is 1. The van der Waals surface area contributed by atoms with Gasteiger partial charge < -0.3 is 9.72 Å². The van der Waals surface area contributed by atoms with Crippen LogP contribution >= 0.6 is 0 Å². The Kier molecular flexibility index (Phi) is 3.64. The molecule has 0 bridgehead atoms. The van der Waals surface area contributed by atoms with Crippen LogP contribution in [0.5, 0.6) is 0 Å². The van der Waals surface area contributed by atoms with E-state index >= 15 is 0 Å². The zero-order chi connectivity index (χ0) is 14.0. The van der Waals surface area contributed by atoms with Gasteiger partial charge in [0.15, 0.2) is 5.69 Å². The first-order valence-electron chi connectivity index (χ1n) is 5.97. The van der Waals surface area contributed by atoms with Gasteiger partial charge in [-0.1, -0.05) is 13.8 Å². The first-order valence-corrected chi connectivity index (χ1v) is 5.97. The van der Waals surface area contributed by atoms with E-state index in [1.54, 1.807) is 12.1 Å². The van der Waals surface area contributed by atoms with Crippen molar-refractivity contribution in [3.8, 4) is 11.4 Å². The smallest absolute Gasteiger partial charge is 0.358 e. The monoisotopic (exact) mass is 262 g/mol. The molecule has 100 valence electrons. The van der Waals surface area contributed by atoms with Crippen LogP contribution < -0.4 is 0 Å². The number of carbonyl (C=O) groups excluding carboxylic acids is 1. The number of aromatic nitrogens is 2. The Morgan fingerprint density at radius 2 is 1.95 bits per heavy atom. The molecule has 0 fully saturated rings. The van der Waals surface area contributed by atoms with E-state index in [0.29, 0.717) is 11.5 Å². The summed E-state index contributed by atoms with van der Waals surface area (Å²) in [5, 5.41) is 0. The minimum Gasteiger partial charge on any atom is -0.464 e. The van der Waals surface area contributed by atoms with Crippen LogP contribution in [0.3, 0.4) is 0 Å². The lowest BCUT2D eigenvalue weighted by Crippen LogP contribution is -2.06. The highest BCUT2D eigenvalue weighted by atomic mass is 19.1. The molecule has 5 heteroatoms. The molecule has 1 aromatic heterocycles. The summed E-state index contributed by atoms with van der Waals surface area (Å²) in [6.07, 6.45) is 0. The van der Waals surface area contributed by atoms with Crippen molar-refractivity contribution >= 4 is 5.97 Å². The molecule has 1 N–H and O–H groups in total. The lowest BCUT2D eigenvalue weighted by Gasteiger charge is -2.03. The first kappa shape index (κ1) is 13.3. The molecule has 0 saturated heterocycles. The summed E-state index contributed by atoms with van der Waals surface area (Å²) in [5.74, 6) is -0.152. The topological polar surface area (TPSA) is 55.0 Å². The second kappa shape index (κ2) is 5.22. The number of benzene rings is 1. The number of esters is 1. The molecule has 1 heterocycles. The Morgan fingerprint density at radius 3 is 2.47 bits per heavy atom. The van der Waals surface area contributed by atoms with Gasteiger partial charge in [0, 0.05) is 5.56 Å². The Balaban J connectivity index is 2.48. The van der Waals surface area contributed by atoms with Gasteiger partial charge in [-0.15, -0.1) is 0 Å². The summed E-state index contributed by atoms with van der Waals surface area (Å²) < 4.78 is 17.6. The maximum absolute atomic E-state index is 12.9. The van der Waals surface area contributed by atoms with Gasteiger partial charge in [-0.05, 0) is 30.2 Å². The lowest BCUT2D eigenvalue weighted by atomic mass is 10.1. The number of hydrogen-bond donors (Lipinski definition) is 1. The van der Waals surface area contributed by atoms with Crippen LogP contribution in [-0.2, 0) is 4.74 Å². The molecular weight excluding hydrogens is 247 g/mol. The summed E-state index contributed by atoms with van der Waals surface area (Å²) in [4.78, 5) is 19.0. The van der Waals surface area contributed by atoms with Crippen LogP contribution in [0.15, 0.2) is 24.3 Å². The number of nitrogens with zero attached hydrogens (tertiary/aromatic N) is 1. The maximum Gasteiger partial charge on any atom is 0.358 e. The second-order valence-corrected chi connectivity index (χ2v) is 4.50. The van der Waals surface area contributed by atoms with Crippen LogP contribution in [0, 0.1) is 5.82 Å². The number of rotatable bonds is 3. The maximum atomic E-state index is 12.9. The number of hydrogen-bond acceptors (Lipinski definition) is 3. The molecule has 0 unspecified atom stereocenters. The SMILES string of the molecule is COC(=O)c1nc(-c2ccc(F)cc2)[nH]c1C(C)C. The molecule has 4 nitrogen and oxygen atoms in total. The fourth-order valence-electron chi connectivity index (χ4n) is 1.80. The fraction of sp³-hybridized carbons (Fsp3) is 0.286. The molecular formula is C14H15FN2O2. The number of H-pyrrole nitrogens is 1. The zero-order valence-corrected chi connectivity index (χ0v) is 11.0. The average Bonchev–Trinajstić information content (AvgIpc) is 2.84.